The van der Waals surface area contributed by atoms with Gasteiger partial charge < -0.3 is 9.64 Å². The number of methoxy groups -OCH3 is 1. The average Bonchev–Trinajstić information content (AvgIpc) is 2.51. The van der Waals surface area contributed by atoms with Gasteiger partial charge >= 0.3 is 0 Å². The van der Waals surface area contributed by atoms with Crippen LogP contribution in [0, 0.1) is 5.92 Å². The van der Waals surface area contributed by atoms with E-state index >= 15 is 0 Å². The third kappa shape index (κ3) is 3.41. The van der Waals surface area contributed by atoms with E-state index in [2.05, 4.69) is 4.90 Å². The van der Waals surface area contributed by atoms with Gasteiger partial charge in [-0.1, -0.05) is 18.6 Å². The Labute approximate surface area is 133 Å². The van der Waals surface area contributed by atoms with E-state index < -0.39 is 0 Å². The Morgan fingerprint density at radius 1 is 1.24 bits per heavy atom. The molecule has 4 heteroatoms. The summed E-state index contributed by atoms with van der Waals surface area (Å²) in [5.74, 6) is 1.36. The predicted molar refractivity (Wildman–Crippen MR) is 86.7 cm³/mol. The Bertz CT molecular complexity index is 498. The smallest absolute Gasteiger partial charge is 0.167 e. The molecular formula is C17H24ClNO2. The van der Waals surface area contributed by atoms with Crippen LogP contribution >= 0.6 is 12.4 Å². The van der Waals surface area contributed by atoms with Crippen molar-refractivity contribution in [3.05, 3.63) is 29.3 Å². The van der Waals surface area contributed by atoms with Crippen LogP contribution < -0.4 is 4.74 Å². The SMILES string of the molecule is COc1cccc2c1CCC(CN1CCCCC1)C2=O.Cl. The van der Waals surface area contributed by atoms with E-state index in [1.54, 1.807) is 7.11 Å². The number of rotatable bonds is 3. The molecule has 0 aromatic heterocycles. The zero-order valence-electron chi connectivity index (χ0n) is 12.6. The first-order valence-electron chi connectivity index (χ1n) is 7.72. The summed E-state index contributed by atoms with van der Waals surface area (Å²) in [6.45, 7) is 3.26. The van der Waals surface area contributed by atoms with Crippen molar-refractivity contribution >= 4 is 18.2 Å². The summed E-state index contributed by atoms with van der Waals surface area (Å²) in [6.07, 6.45) is 5.83. The van der Waals surface area contributed by atoms with E-state index in [-0.39, 0.29) is 18.3 Å². The van der Waals surface area contributed by atoms with Gasteiger partial charge in [0.2, 0.25) is 0 Å². The number of ether oxygens (including phenoxy) is 1. The van der Waals surface area contributed by atoms with Crippen LogP contribution in [0.25, 0.3) is 0 Å². The molecule has 1 aliphatic heterocycles. The molecule has 2 aliphatic rings. The molecule has 1 unspecified atom stereocenters. The lowest BCUT2D eigenvalue weighted by molar-refractivity contribution is 0.0844. The van der Waals surface area contributed by atoms with Gasteiger partial charge in [-0.25, -0.2) is 0 Å². The third-order valence-corrected chi connectivity index (χ3v) is 4.66. The summed E-state index contributed by atoms with van der Waals surface area (Å²) in [5, 5.41) is 0. The summed E-state index contributed by atoms with van der Waals surface area (Å²) >= 11 is 0. The number of carbonyl (C=O) groups is 1. The molecule has 1 aromatic carbocycles. The quantitative estimate of drug-likeness (QED) is 0.857. The third-order valence-electron chi connectivity index (χ3n) is 4.66. The topological polar surface area (TPSA) is 29.5 Å². The van der Waals surface area contributed by atoms with Crippen molar-refractivity contribution in [2.24, 2.45) is 5.92 Å². The fourth-order valence-corrected chi connectivity index (χ4v) is 3.54. The summed E-state index contributed by atoms with van der Waals surface area (Å²) in [5.41, 5.74) is 1.99. The summed E-state index contributed by atoms with van der Waals surface area (Å²) in [7, 11) is 1.68. The van der Waals surface area contributed by atoms with Crippen molar-refractivity contribution in [2.45, 2.75) is 32.1 Å². The summed E-state index contributed by atoms with van der Waals surface area (Å²) in [6, 6.07) is 5.85. The van der Waals surface area contributed by atoms with Crippen LogP contribution in [0.1, 0.15) is 41.6 Å². The minimum absolute atomic E-state index is 0. The average molecular weight is 310 g/mol. The van der Waals surface area contributed by atoms with Gasteiger partial charge in [0.05, 0.1) is 7.11 Å². The number of benzene rings is 1. The summed E-state index contributed by atoms with van der Waals surface area (Å²) < 4.78 is 5.38. The fourth-order valence-electron chi connectivity index (χ4n) is 3.54. The van der Waals surface area contributed by atoms with E-state index in [9.17, 15) is 4.79 Å². The van der Waals surface area contributed by atoms with Crippen molar-refractivity contribution in [1.82, 2.24) is 4.90 Å². The Kier molecular flexibility index (Phi) is 5.65. The fraction of sp³-hybridized carbons (Fsp3) is 0.588. The molecule has 1 fully saturated rings. The largest absolute Gasteiger partial charge is 0.496 e. The van der Waals surface area contributed by atoms with Gasteiger partial charge in [-0.2, -0.15) is 0 Å². The number of fused-ring (bicyclic) bond motifs is 1. The van der Waals surface area contributed by atoms with Crippen molar-refractivity contribution in [2.75, 3.05) is 26.7 Å². The number of carbonyl (C=O) groups excluding carboxylic acids is 1. The maximum atomic E-state index is 12.7. The monoisotopic (exact) mass is 309 g/mol. The highest BCUT2D eigenvalue weighted by molar-refractivity contribution is 6.01. The van der Waals surface area contributed by atoms with Crippen molar-refractivity contribution < 1.29 is 9.53 Å². The number of likely N-dealkylation sites (tertiary alicyclic amines) is 1. The maximum Gasteiger partial charge on any atom is 0.167 e. The molecule has 21 heavy (non-hydrogen) atoms. The first-order chi connectivity index (χ1) is 9.79. The maximum absolute atomic E-state index is 12.7. The molecule has 0 amide bonds. The first kappa shape index (κ1) is 16.3. The van der Waals surface area contributed by atoms with Crippen LogP contribution in [0.4, 0.5) is 0 Å². The van der Waals surface area contributed by atoms with Crippen LogP contribution in [-0.2, 0) is 6.42 Å². The molecule has 1 heterocycles. The predicted octanol–water partition coefficient (Wildman–Crippen LogP) is 3.35. The standard InChI is InChI=1S/C17H23NO2.ClH/c1-20-16-7-5-6-15-14(16)9-8-13(17(15)19)12-18-10-3-2-4-11-18;/h5-7,13H,2-4,8-12H2,1H3;1H. The van der Waals surface area contributed by atoms with E-state index in [1.165, 1.54) is 19.3 Å². The second-order valence-corrected chi connectivity index (χ2v) is 5.95. The normalized spacial score (nSPS) is 22.3. The number of piperidine rings is 1. The number of hydrogen-bond donors (Lipinski definition) is 0. The molecule has 3 nitrogen and oxygen atoms in total. The lowest BCUT2D eigenvalue weighted by Crippen LogP contribution is -2.38. The molecule has 0 N–H and O–H groups in total. The van der Waals surface area contributed by atoms with E-state index in [0.717, 1.165) is 49.4 Å². The Hall–Kier alpha value is -1.06. The second kappa shape index (κ2) is 7.28. The molecule has 0 bridgehead atoms. The van der Waals surface area contributed by atoms with Crippen LogP contribution in [0.5, 0.6) is 5.75 Å². The van der Waals surface area contributed by atoms with Crippen LogP contribution in [0.15, 0.2) is 18.2 Å². The van der Waals surface area contributed by atoms with Gasteiger partial charge in [-0.15, -0.1) is 12.4 Å². The minimum atomic E-state index is 0. The molecule has 1 aliphatic carbocycles. The van der Waals surface area contributed by atoms with Crippen molar-refractivity contribution in [3.63, 3.8) is 0 Å². The molecule has 1 aromatic rings. The molecule has 116 valence electrons. The number of ketones is 1. The van der Waals surface area contributed by atoms with Gasteiger partial charge in [0.15, 0.2) is 5.78 Å². The lowest BCUT2D eigenvalue weighted by Gasteiger charge is -2.32. The van der Waals surface area contributed by atoms with E-state index in [4.69, 9.17) is 4.74 Å². The Morgan fingerprint density at radius 2 is 2.00 bits per heavy atom. The van der Waals surface area contributed by atoms with Crippen LogP contribution in [0.2, 0.25) is 0 Å². The molecule has 1 atom stereocenters. The number of nitrogens with zero attached hydrogens (tertiary/aromatic N) is 1. The van der Waals surface area contributed by atoms with Gasteiger partial charge in [-0.3, -0.25) is 4.79 Å². The number of hydrogen-bond acceptors (Lipinski definition) is 3. The van der Waals surface area contributed by atoms with E-state index in [0.29, 0.717) is 5.78 Å². The molecule has 1 saturated heterocycles. The molecule has 3 rings (SSSR count). The molecule has 0 saturated carbocycles. The highest BCUT2D eigenvalue weighted by atomic mass is 35.5. The molecule has 0 spiro atoms. The Balaban J connectivity index is 0.00000161. The van der Waals surface area contributed by atoms with Crippen molar-refractivity contribution in [1.29, 1.82) is 0 Å². The van der Waals surface area contributed by atoms with E-state index in [1.807, 2.05) is 18.2 Å². The lowest BCUT2D eigenvalue weighted by atomic mass is 9.82. The number of Topliss-reactive ketones (excluding diaryl/α,β-unsaturated/α-hetero) is 1. The highest BCUT2D eigenvalue weighted by Crippen LogP contribution is 2.32. The second-order valence-electron chi connectivity index (χ2n) is 5.95. The van der Waals surface area contributed by atoms with Gasteiger partial charge in [0, 0.05) is 23.6 Å². The van der Waals surface area contributed by atoms with Crippen LogP contribution in [-0.4, -0.2) is 37.4 Å². The number of halogens is 1. The molecule has 0 radical (unpaired) electrons. The zero-order chi connectivity index (χ0) is 13.9. The van der Waals surface area contributed by atoms with Gasteiger partial charge in [0.25, 0.3) is 0 Å². The minimum Gasteiger partial charge on any atom is -0.496 e. The molecular weight excluding hydrogens is 286 g/mol. The van der Waals surface area contributed by atoms with Crippen molar-refractivity contribution in [3.8, 4) is 5.75 Å². The van der Waals surface area contributed by atoms with Gasteiger partial charge in [-0.05, 0) is 44.8 Å². The Morgan fingerprint density at radius 3 is 2.71 bits per heavy atom. The van der Waals surface area contributed by atoms with Crippen LogP contribution in [0.3, 0.4) is 0 Å². The summed E-state index contributed by atoms with van der Waals surface area (Å²) in [4.78, 5) is 15.1. The first-order valence-corrected chi connectivity index (χ1v) is 7.72. The zero-order valence-corrected chi connectivity index (χ0v) is 13.5. The van der Waals surface area contributed by atoms with Gasteiger partial charge in [0.1, 0.15) is 5.75 Å². The highest BCUT2D eigenvalue weighted by Gasteiger charge is 2.30.